The zero-order chi connectivity index (χ0) is 32.0. The average molecular weight is 631 g/mol. The number of nitrogens with one attached hydrogen (secondary N) is 2. The van der Waals surface area contributed by atoms with Gasteiger partial charge >= 0.3 is 5.97 Å². The normalized spacial score (nSPS) is 22.6. The third-order valence-corrected chi connectivity index (χ3v) is 9.61. The second kappa shape index (κ2) is 12.0. The number of anilines is 1. The highest BCUT2D eigenvalue weighted by Crippen LogP contribution is 2.65. The van der Waals surface area contributed by atoms with Gasteiger partial charge in [0.15, 0.2) is 17.5 Å². The molecule has 7 rings (SSSR count). The molecule has 2 aliphatic carbocycles. The van der Waals surface area contributed by atoms with Gasteiger partial charge in [0.1, 0.15) is 12.4 Å². The Kier molecular flexibility index (Phi) is 7.83. The molecule has 2 aromatic heterocycles. The van der Waals surface area contributed by atoms with Crippen LogP contribution in [0.5, 0.6) is 5.88 Å². The number of allylic oxidation sites excluding steroid dienone is 3. The summed E-state index contributed by atoms with van der Waals surface area (Å²) in [6.07, 6.45) is 10.6. The number of fused-ring (bicyclic) bond motifs is 1. The number of halogens is 2. The molecule has 2 saturated heterocycles. The number of carbonyl (C=O) groups excluding carboxylic acids is 1. The average Bonchev–Trinajstić information content (AvgIpc) is 3.60. The van der Waals surface area contributed by atoms with E-state index in [-0.39, 0.29) is 41.7 Å². The van der Waals surface area contributed by atoms with Crippen molar-refractivity contribution in [2.24, 2.45) is 5.41 Å². The van der Waals surface area contributed by atoms with Crippen molar-refractivity contribution in [1.82, 2.24) is 19.9 Å². The van der Waals surface area contributed by atoms with Crippen LogP contribution in [-0.2, 0) is 16.0 Å². The Hall–Kier alpha value is -4.58. The summed E-state index contributed by atoms with van der Waals surface area (Å²) in [5.74, 6) is -0.945. The van der Waals surface area contributed by atoms with Crippen molar-refractivity contribution in [3.05, 3.63) is 82.9 Å². The number of hydrogen-bond donors (Lipinski definition) is 2. The highest BCUT2D eigenvalue weighted by molar-refractivity contribution is 6.10. The van der Waals surface area contributed by atoms with Crippen LogP contribution in [0.15, 0.2) is 59.8 Å². The van der Waals surface area contributed by atoms with E-state index >= 15 is 4.39 Å². The Balaban J connectivity index is 1.06. The van der Waals surface area contributed by atoms with E-state index in [4.69, 9.17) is 24.6 Å². The number of carbonyl (C=O) groups is 1. The maximum atomic E-state index is 15.1. The van der Waals surface area contributed by atoms with Gasteiger partial charge in [0.2, 0.25) is 0 Å². The highest BCUT2D eigenvalue weighted by Gasteiger charge is 2.57. The molecule has 2 atom stereocenters. The van der Waals surface area contributed by atoms with Crippen LogP contribution in [0.4, 0.5) is 14.6 Å². The summed E-state index contributed by atoms with van der Waals surface area (Å²) >= 11 is 0. The van der Waals surface area contributed by atoms with E-state index in [0.717, 1.165) is 60.8 Å². The van der Waals surface area contributed by atoms with Crippen LogP contribution >= 0.6 is 0 Å². The number of methoxy groups -OCH3 is 1. The molecule has 1 saturated carbocycles. The molecule has 46 heavy (non-hydrogen) atoms. The number of benzene rings is 1. The van der Waals surface area contributed by atoms with E-state index in [1.807, 2.05) is 17.0 Å². The third-order valence-electron chi connectivity index (χ3n) is 9.61. The van der Waals surface area contributed by atoms with Crippen LogP contribution in [0.1, 0.15) is 47.8 Å². The van der Waals surface area contributed by atoms with Crippen molar-refractivity contribution >= 4 is 28.5 Å². The number of pyridine rings is 1. The highest BCUT2D eigenvalue weighted by atomic mass is 19.1. The fourth-order valence-corrected chi connectivity index (χ4v) is 6.80. The molecular weight excluding hydrogens is 594 g/mol. The minimum Gasteiger partial charge on any atom is -0.471 e. The Labute approximate surface area is 265 Å². The van der Waals surface area contributed by atoms with E-state index in [1.165, 1.54) is 7.11 Å². The van der Waals surface area contributed by atoms with E-state index in [1.54, 1.807) is 37.5 Å². The maximum Gasteiger partial charge on any atom is 0.337 e. The summed E-state index contributed by atoms with van der Waals surface area (Å²) in [7, 11) is 3.13. The fraction of sp³-hybridized carbons (Fsp3) is 0.412. The molecule has 2 unspecified atom stereocenters. The summed E-state index contributed by atoms with van der Waals surface area (Å²) in [4.78, 5) is 23.4. The third kappa shape index (κ3) is 5.55. The van der Waals surface area contributed by atoms with Crippen molar-refractivity contribution in [2.45, 2.75) is 44.2 Å². The molecule has 1 spiro atoms. The second-order valence-electron chi connectivity index (χ2n) is 12.4. The van der Waals surface area contributed by atoms with E-state index < -0.39 is 11.6 Å². The SMILES string of the molecule is CN/C=C1/C=CC(COc2nc(N3CCC4(CC3)CC4c3nc4ccc(C(=O)OC)cc4n3CC3CCO3)c(F)cc2F)=CC1=N. The molecule has 4 aliphatic rings. The molecule has 12 heteroatoms. The van der Waals surface area contributed by atoms with Crippen LogP contribution in [-0.4, -0.2) is 72.8 Å². The summed E-state index contributed by atoms with van der Waals surface area (Å²) in [6, 6.07) is 6.29. The number of esters is 1. The minimum atomic E-state index is -0.868. The lowest BCUT2D eigenvalue weighted by atomic mass is 9.90. The number of ether oxygens (including phenoxy) is 3. The molecule has 3 aromatic rings. The van der Waals surface area contributed by atoms with Crippen LogP contribution in [0.2, 0.25) is 0 Å². The molecule has 0 radical (unpaired) electrons. The van der Waals surface area contributed by atoms with Crippen molar-refractivity contribution < 1.29 is 27.8 Å². The molecule has 10 nitrogen and oxygen atoms in total. The van der Waals surface area contributed by atoms with Crippen LogP contribution in [0.3, 0.4) is 0 Å². The van der Waals surface area contributed by atoms with E-state index in [9.17, 15) is 9.18 Å². The zero-order valence-corrected chi connectivity index (χ0v) is 25.8. The predicted octanol–water partition coefficient (Wildman–Crippen LogP) is 5.06. The van der Waals surface area contributed by atoms with Gasteiger partial charge in [-0.05, 0) is 60.9 Å². The van der Waals surface area contributed by atoms with E-state index in [0.29, 0.717) is 36.5 Å². The topological polar surface area (TPSA) is 115 Å². The van der Waals surface area contributed by atoms with Gasteiger partial charge in [-0.3, -0.25) is 0 Å². The summed E-state index contributed by atoms with van der Waals surface area (Å²) in [5, 5.41) is 11.1. The molecule has 2 N–H and O–H groups in total. The maximum absolute atomic E-state index is 15.1. The smallest absolute Gasteiger partial charge is 0.337 e. The first-order valence-electron chi connectivity index (χ1n) is 15.6. The molecule has 1 aromatic carbocycles. The predicted molar refractivity (Wildman–Crippen MR) is 168 cm³/mol. The Morgan fingerprint density at radius 3 is 2.70 bits per heavy atom. The van der Waals surface area contributed by atoms with Gasteiger partial charge < -0.3 is 34.4 Å². The summed E-state index contributed by atoms with van der Waals surface area (Å²) in [5.41, 5.74) is 3.95. The standard InChI is InChI=1S/C34H36F2N6O4/c1-38-17-22-4-3-20(13-27(22)37)19-46-32-26(36)15-25(35)31(40-32)41-10-8-34(9-11-41)16-24(34)30-39-28-6-5-21(33(43)44-2)14-29(28)42(30)18-23-7-12-45-23/h3-6,13-15,17,23-24,37-38H,7-12,16,18-19H2,1-2H3/b22-17-,37-27?. The van der Waals surface area contributed by atoms with Crippen LogP contribution in [0.25, 0.3) is 11.0 Å². The lowest BCUT2D eigenvalue weighted by Crippen LogP contribution is -2.36. The molecular formula is C34H36F2N6O4. The fourth-order valence-electron chi connectivity index (χ4n) is 6.80. The van der Waals surface area contributed by atoms with Crippen LogP contribution in [0, 0.1) is 22.5 Å². The molecule has 3 fully saturated rings. The summed E-state index contributed by atoms with van der Waals surface area (Å²) < 4.78 is 48.3. The minimum absolute atomic E-state index is 0.000479. The number of piperidine rings is 1. The number of rotatable bonds is 9. The van der Waals surface area contributed by atoms with Gasteiger partial charge in [-0.15, -0.1) is 0 Å². The van der Waals surface area contributed by atoms with Crippen molar-refractivity contribution in [3.8, 4) is 5.88 Å². The number of hydrogen-bond acceptors (Lipinski definition) is 9. The van der Waals surface area contributed by atoms with Gasteiger partial charge in [0.25, 0.3) is 5.88 Å². The van der Waals surface area contributed by atoms with Gasteiger partial charge in [-0.25, -0.2) is 18.6 Å². The molecule has 0 amide bonds. The van der Waals surface area contributed by atoms with Crippen molar-refractivity contribution in [1.29, 1.82) is 5.41 Å². The Morgan fingerprint density at radius 1 is 1.20 bits per heavy atom. The molecule has 0 bridgehead atoms. The first-order chi connectivity index (χ1) is 22.3. The second-order valence-corrected chi connectivity index (χ2v) is 12.4. The number of nitrogens with zero attached hydrogens (tertiary/aromatic N) is 4. The lowest BCUT2D eigenvalue weighted by Gasteiger charge is -2.34. The summed E-state index contributed by atoms with van der Waals surface area (Å²) in [6.45, 7) is 2.55. The molecule has 2 aliphatic heterocycles. The van der Waals surface area contributed by atoms with Crippen molar-refractivity contribution in [2.75, 3.05) is 45.4 Å². The van der Waals surface area contributed by atoms with Gasteiger partial charge in [-0.1, -0.05) is 12.2 Å². The first kappa shape index (κ1) is 30.1. The molecule has 4 heterocycles. The molecule has 240 valence electrons. The number of imidazole rings is 1. The largest absolute Gasteiger partial charge is 0.471 e. The Morgan fingerprint density at radius 2 is 2.00 bits per heavy atom. The van der Waals surface area contributed by atoms with Gasteiger partial charge in [0, 0.05) is 50.5 Å². The quantitative estimate of drug-likeness (QED) is 0.316. The zero-order valence-electron chi connectivity index (χ0n) is 25.8. The number of aromatic nitrogens is 3. The lowest BCUT2D eigenvalue weighted by molar-refractivity contribution is -0.0590. The van der Waals surface area contributed by atoms with Crippen LogP contribution < -0.4 is 15.0 Å². The monoisotopic (exact) mass is 630 g/mol. The van der Waals surface area contributed by atoms with Gasteiger partial charge in [-0.2, -0.15) is 4.98 Å². The first-order valence-corrected chi connectivity index (χ1v) is 15.6. The Bertz CT molecular complexity index is 1800. The van der Waals surface area contributed by atoms with E-state index in [2.05, 4.69) is 14.9 Å². The van der Waals surface area contributed by atoms with Gasteiger partial charge in [0.05, 0.1) is 42.1 Å². The van der Waals surface area contributed by atoms with Crippen molar-refractivity contribution in [3.63, 3.8) is 0 Å².